The number of primary amides is 1. The quantitative estimate of drug-likeness (QED) is 0.792. The predicted octanol–water partition coefficient (Wildman–Crippen LogP) is 0.500. The number of benzene rings is 1. The molecule has 7 nitrogen and oxygen atoms in total. The molecule has 0 saturated heterocycles. The number of carbonyl (C=O) groups excluding carboxylic acids is 3. The molecule has 2 rings (SSSR count). The molecule has 1 aromatic rings. The first-order chi connectivity index (χ1) is 10.4. The minimum atomic E-state index is -0.706. The number of nitrogens with one attached hydrogen (secondary N) is 1. The molecule has 0 bridgehead atoms. The van der Waals surface area contributed by atoms with E-state index in [4.69, 9.17) is 17.3 Å². The number of rotatable bonds is 3. The van der Waals surface area contributed by atoms with Crippen LogP contribution < -0.4 is 11.1 Å². The molecule has 114 valence electrons. The van der Waals surface area contributed by atoms with Gasteiger partial charge in [-0.1, -0.05) is 23.7 Å². The van der Waals surface area contributed by atoms with E-state index in [1.807, 2.05) is 0 Å². The lowest BCUT2D eigenvalue weighted by molar-refractivity contribution is -0.129. The highest BCUT2D eigenvalue weighted by Gasteiger charge is 2.27. The summed E-state index contributed by atoms with van der Waals surface area (Å²) in [6, 6.07) is 6.81. The lowest BCUT2D eigenvalue weighted by atomic mass is 10.2. The first-order valence-corrected chi connectivity index (χ1v) is 6.68. The van der Waals surface area contributed by atoms with Gasteiger partial charge >= 0.3 is 0 Å². The Morgan fingerprint density at radius 2 is 2.00 bits per heavy atom. The number of halogens is 1. The maximum Gasteiger partial charge on any atom is 0.276 e. The van der Waals surface area contributed by atoms with Gasteiger partial charge in [-0.05, 0) is 23.8 Å². The average molecular weight is 321 g/mol. The molecule has 1 heterocycles. The van der Waals surface area contributed by atoms with Gasteiger partial charge in [0, 0.05) is 11.9 Å². The highest BCUT2D eigenvalue weighted by Crippen LogP contribution is 2.15. The monoisotopic (exact) mass is 320 g/mol. The molecule has 8 heteroatoms. The maximum atomic E-state index is 11.9. The predicted molar refractivity (Wildman–Crippen MR) is 81.6 cm³/mol. The van der Waals surface area contributed by atoms with Crippen LogP contribution in [0.1, 0.15) is 12.5 Å². The van der Waals surface area contributed by atoms with Gasteiger partial charge in [0.1, 0.15) is 12.2 Å². The largest absolute Gasteiger partial charge is 0.368 e. The van der Waals surface area contributed by atoms with Crippen molar-refractivity contribution in [2.24, 2.45) is 10.7 Å². The second-order valence-electron chi connectivity index (χ2n) is 4.54. The van der Waals surface area contributed by atoms with Gasteiger partial charge in [0.15, 0.2) is 0 Å². The Balaban J connectivity index is 2.29. The number of amides is 3. The number of hydrogen-bond donors (Lipinski definition) is 2. The van der Waals surface area contributed by atoms with Crippen molar-refractivity contribution in [3.05, 3.63) is 40.5 Å². The Morgan fingerprint density at radius 3 is 2.55 bits per heavy atom. The zero-order valence-electron chi connectivity index (χ0n) is 11.7. The molecule has 0 atom stereocenters. The molecular weight excluding hydrogens is 308 g/mol. The van der Waals surface area contributed by atoms with Crippen molar-refractivity contribution in [1.29, 1.82) is 0 Å². The van der Waals surface area contributed by atoms with Crippen LogP contribution in [0.4, 0.5) is 0 Å². The van der Waals surface area contributed by atoms with E-state index in [1.165, 1.54) is 6.92 Å². The van der Waals surface area contributed by atoms with Gasteiger partial charge in [-0.2, -0.15) is 0 Å². The molecule has 0 fully saturated rings. The van der Waals surface area contributed by atoms with Gasteiger partial charge in [-0.25, -0.2) is 4.99 Å². The summed E-state index contributed by atoms with van der Waals surface area (Å²) in [6.45, 7) is 0.890. The van der Waals surface area contributed by atoms with Crippen molar-refractivity contribution in [1.82, 2.24) is 10.2 Å². The minimum Gasteiger partial charge on any atom is -0.368 e. The lowest BCUT2D eigenvalue weighted by Crippen LogP contribution is -2.47. The zero-order valence-corrected chi connectivity index (χ0v) is 12.4. The first kappa shape index (κ1) is 15.7. The third-order valence-electron chi connectivity index (χ3n) is 2.81. The third kappa shape index (κ3) is 3.70. The number of nitrogens with zero attached hydrogens (tertiary/aromatic N) is 2. The molecule has 0 saturated carbocycles. The van der Waals surface area contributed by atoms with Gasteiger partial charge in [0.2, 0.25) is 17.8 Å². The van der Waals surface area contributed by atoms with E-state index < -0.39 is 17.7 Å². The van der Waals surface area contributed by atoms with Crippen LogP contribution >= 0.6 is 11.6 Å². The number of aliphatic imine (C=N–C) groups is 1. The van der Waals surface area contributed by atoms with Gasteiger partial charge in [0.05, 0.1) is 0 Å². The molecule has 0 spiro atoms. The van der Waals surface area contributed by atoms with Crippen LogP contribution in [-0.2, 0) is 14.4 Å². The SMILES string of the molecule is CC(=O)N(CC(N)=O)C1=N/C(=C\c2ccc(Cl)cc2)C(=O)N1. The topological polar surface area (TPSA) is 105 Å². The van der Waals surface area contributed by atoms with Crippen LogP contribution in [0.2, 0.25) is 5.02 Å². The summed E-state index contributed by atoms with van der Waals surface area (Å²) in [5, 5.41) is 3.01. The number of nitrogens with two attached hydrogens (primary N) is 1. The Kier molecular flexibility index (Phi) is 4.57. The molecule has 0 unspecified atom stereocenters. The summed E-state index contributed by atoms with van der Waals surface area (Å²) >= 11 is 5.79. The standard InChI is InChI=1S/C14H13ClN4O3/c1-8(20)19(7-12(16)21)14-17-11(13(22)18-14)6-9-2-4-10(15)5-3-9/h2-6H,7H2,1H3,(H2,16,21)(H,17,18,22)/b11-6-. The second kappa shape index (κ2) is 6.40. The number of hydrogen-bond acceptors (Lipinski definition) is 4. The summed E-state index contributed by atoms with van der Waals surface area (Å²) in [4.78, 5) is 39.5. The van der Waals surface area contributed by atoms with Crippen LogP contribution in [0, 0.1) is 0 Å². The maximum absolute atomic E-state index is 11.9. The van der Waals surface area contributed by atoms with Crippen molar-refractivity contribution in [2.45, 2.75) is 6.92 Å². The summed E-state index contributed by atoms with van der Waals surface area (Å²) in [5.74, 6) is -1.65. The van der Waals surface area contributed by atoms with Crippen LogP contribution in [0.25, 0.3) is 6.08 Å². The molecule has 1 aromatic carbocycles. The summed E-state index contributed by atoms with van der Waals surface area (Å²) in [7, 11) is 0. The second-order valence-corrected chi connectivity index (χ2v) is 4.98. The Bertz CT molecular complexity index is 695. The van der Waals surface area contributed by atoms with E-state index in [9.17, 15) is 14.4 Å². The molecule has 0 aliphatic carbocycles. The molecular formula is C14H13ClN4O3. The van der Waals surface area contributed by atoms with E-state index in [1.54, 1.807) is 30.3 Å². The molecule has 22 heavy (non-hydrogen) atoms. The van der Waals surface area contributed by atoms with Crippen molar-refractivity contribution < 1.29 is 14.4 Å². The fraction of sp³-hybridized carbons (Fsp3) is 0.143. The molecule has 0 aromatic heterocycles. The summed E-state index contributed by atoms with van der Waals surface area (Å²) in [5.41, 5.74) is 5.92. The van der Waals surface area contributed by atoms with Crippen LogP contribution in [-0.4, -0.2) is 35.1 Å². The Labute approximate surface area is 131 Å². The molecule has 0 radical (unpaired) electrons. The minimum absolute atomic E-state index is 0.0171. The van der Waals surface area contributed by atoms with Crippen molar-refractivity contribution in [3.63, 3.8) is 0 Å². The first-order valence-electron chi connectivity index (χ1n) is 6.30. The molecule has 3 amide bonds. The zero-order chi connectivity index (χ0) is 16.3. The molecule has 1 aliphatic rings. The molecule has 3 N–H and O–H groups in total. The van der Waals surface area contributed by atoms with Gasteiger partial charge in [0.25, 0.3) is 5.91 Å². The number of guanidine groups is 1. The summed E-state index contributed by atoms with van der Waals surface area (Å²) in [6.07, 6.45) is 1.54. The Morgan fingerprint density at radius 1 is 1.36 bits per heavy atom. The van der Waals surface area contributed by atoms with E-state index in [2.05, 4.69) is 10.3 Å². The highest BCUT2D eigenvalue weighted by atomic mass is 35.5. The fourth-order valence-corrected chi connectivity index (χ4v) is 1.92. The fourth-order valence-electron chi connectivity index (χ4n) is 1.79. The average Bonchev–Trinajstić information content (AvgIpc) is 2.79. The van der Waals surface area contributed by atoms with E-state index >= 15 is 0 Å². The lowest BCUT2D eigenvalue weighted by Gasteiger charge is -2.17. The van der Waals surface area contributed by atoms with E-state index in [-0.39, 0.29) is 18.2 Å². The van der Waals surface area contributed by atoms with E-state index in [0.29, 0.717) is 5.02 Å². The van der Waals surface area contributed by atoms with Gasteiger partial charge < -0.3 is 5.73 Å². The Hall–Kier alpha value is -2.67. The molecule has 1 aliphatic heterocycles. The van der Waals surface area contributed by atoms with Crippen molar-refractivity contribution in [2.75, 3.05) is 6.54 Å². The third-order valence-corrected chi connectivity index (χ3v) is 3.06. The number of carbonyl (C=O) groups is 3. The van der Waals surface area contributed by atoms with Gasteiger partial charge in [-0.3, -0.25) is 24.6 Å². The van der Waals surface area contributed by atoms with E-state index in [0.717, 1.165) is 10.5 Å². The van der Waals surface area contributed by atoms with Crippen LogP contribution in [0.3, 0.4) is 0 Å². The highest BCUT2D eigenvalue weighted by molar-refractivity contribution is 6.30. The summed E-state index contributed by atoms with van der Waals surface area (Å²) < 4.78 is 0. The van der Waals surface area contributed by atoms with Crippen LogP contribution in [0.15, 0.2) is 35.0 Å². The van der Waals surface area contributed by atoms with Gasteiger partial charge in [-0.15, -0.1) is 0 Å². The van der Waals surface area contributed by atoms with Crippen molar-refractivity contribution in [3.8, 4) is 0 Å². The smallest absolute Gasteiger partial charge is 0.276 e. The van der Waals surface area contributed by atoms with Crippen LogP contribution in [0.5, 0.6) is 0 Å². The van der Waals surface area contributed by atoms with Crippen molar-refractivity contribution >= 4 is 41.4 Å². The normalized spacial score (nSPS) is 15.5.